The summed E-state index contributed by atoms with van der Waals surface area (Å²) >= 11 is 0. The van der Waals surface area contributed by atoms with Crippen molar-refractivity contribution in [1.29, 1.82) is 0 Å². The van der Waals surface area contributed by atoms with Gasteiger partial charge in [0, 0.05) is 19.3 Å². The van der Waals surface area contributed by atoms with Crippen molar-refractivity contribution in [1.82, 2.24) is 4.90 Å². The Morgan fingerprint density at radius 1 is 0.947 bits per heavy atom. The van der Waals surface area contributed by atoms with Crippen LogP contribution < -0.4 is 0 Å². The van der Waals surface area contributed by atoms with Gasteiger partial charge in [-0.3, -0.25) is 0 Å². The van der Waals surface area contributed by atoms with Gasteiger partial charge < -0.3 is 14.4 Å². The van der Waals surface area contributed by atoms with E-state index in [0.29, 0.717) is 0 Å². The van der Waals surface area contributed by atoms with Crippen LogP contribution in [0.4, 0.5) is 0 Å². The second-order valence-electron chi connectivity index (χ2n) is 4.43. The van der Waals surface area contributed by atoms with E-state index < -0.39 is 11.9 Å². The smallest absolute Gasteiger partial charge is 0.347 e. The molecule has 0 unspecified atom stereocenters. The Bertz CT molecular complexity index is 310. The van der Waals surface area contributed by atoms with Crippen LogP contribution >= 0.6 is 0 Å². The number of likely N-dealkylation sites (tertiary alicyclic amines) is 1. The van der Waals surface area contributed by atoms with Crippen LogP contribution in [-0.4, -0.2) is 43.1 Å². The average Bonchev–Trinajstić information content (AvgIpc) is 2.64. The van der Waals surface area contributed by atoms with E-state index in [1.807, 2.05) is 4.90 Å². The largest absolute Gasteiger partial charge is 0.462 e. The highest BCUT2D eigenvalue weighted by molar-refractivity contribution is 6.13. The molecule has 1 fully saturated rings. The zero-order valence-corrected chi connectivity index (χ0v) is 11.8. The Labute approximate surface area is 114 Å². The normalized spacial score (nSPS) is 15.4. The fourth-order valence-corrected chi connectivity index (χ4v) is 2.01. The van der Waals surface area contributed by atoms with Crippen LogP contribution in [0.3, 0.4) is 0 Å². The van der Waals surface area contributed by atoms with Crippen LogP contribution in [0.25, 0.3) is 0 Å². The van der Waals surface area contributed by atoms with Crippen LogP contribution in [-0.2, 0) is 19.1 Å². The summed E-state index contributed by atoms with van der Waals surface area (Å²) in [4.78, 5) is 25.6. The predicted molar refractivity (Wildman–Crippen MR) is 71.4 cm³/mol. The number of carbonyl (C=O) groups excluding carboxylic acids is 2. The number of carbonyl (C=O) groups is 2. The zero-order chi connectivity index (χ0) is 14.1. The molecule has 0 amide bonds. The molecule has 0 atom stereocenters. The molecule has 0 aromatic heterocycles. The minimum absolute atomic E-state index is 0.00870. The fraction of sp³-hybridized carbons (Fsp3) is 0.714. The van der Waals surface area contributed by atoms with Crippen molar-refractivity contribution >= 4 is 11.9 Å². The molecular formula is C14H23NO4. The van der Waals surface area contributed by atoms with Crippen molar-refractivity contribution in [2.45, 2.75) is 39.5 Å². The third-order valence-corrected chi connectivity index (χ3v) is 2.94. The molecule has 1 aliphatic heterocycles. The number of ether oxygens (including phenoxy) is 2. The average molecular weight is 269 g/mol. The molecule has 1 rings (SSSR count). The number of rotatable bonds is 5. The molecule has 19 heavy (non-hydrogen) atoms. The van der Waals surface area contributed by atoms with E-state index >= 15 is 0 Å². The van der Waals surface area contributed by atoms with Crippen LogP contribution in [0.1, 0.15) is 39.5 Å². The molecule has 5 heteroatoms. The SMILES string of the molecule is CCOC(=O)C(=CN1CCCCCC1)C(=O)OCC. The molecule has 0 saturated carbocycles. The maximum absolute atomic E-state index is 11.8. The van der Waals surface area contributed by atoms with E-state index in [0.717, 1.165) is 25.9 Å². The summed E-state index contributed by atoms with van der Waals surface area (Å²) in [5.74, 6) is -1.21. The molecule has 108 valence electrons. The minimum Gasteiger partial charge on any atom is -0.462 e. The zero-order valence-electron chi connectivity index (χ0n) is 11.8. The van der Waals surface area contributed by atoms with Gasteiger partial charge in [0.25, 0.3) is 0 Å². The molecule has 0 aliphatic carbocycles. The number of esters is 2. The number of hydrogen-bond acceptors (Lipinski definition) is 5. The first-order chi connectivity index (χ1) is 9.19. The molecule has 0 spiro atoms. The van der Waals surface area contributed by atoms with Crippen LogP contribution in [0.15, 0.2) is 11.8 Å². The van der Waals surface area contributed by atoms with Gasteiger partial charge in [-0.25, -0.2) is 9.59 Å². The van der Waals surface area contributed by atoms with E-state index in [2.05, 4.69) is 0 Å². The van der Waals surface area contributed by atoms with Crippen molar-refractivity contribution < 1.29 is 19.1 Å². The van der Waals surface area contributed by atoms with Gasteiger partial charge in [-0.2, -0.15) is 0 Å². The minimum atomic E-state index is -0.606. The Morgan fingerprint density at radius 2 is 1.42 bits per heavy atom. The first-order valence-electron chi connectivity index (χ1n) is 6.99. The lowest BCUT2D eigenvalue weighted by atomic mass is 10.2. The van der Waals surface area contributed by atoms with Crippen LogP contribution in [0, 0.1) is 0 Å². The summed E-state index contributed by atoms with van der Waals surface area (Å²) in [5, 5.41) is 0. The lowest BCUT2D eigenvalue weighted by Crippen LogP contribution is -2.25. The van der Waals surface area contributed by atoms with E-state index in [1.54, 1.807) is 20.0 Å². The molecule has 0 bridgehead atoms. The summed E-state index contributed by atoms with van der Waals surface area (Å²) < 4.78 is 9.82. The Morgan fingerprint density at radius 3 is 1.84 bits per heavy atom. The van der Waals surface area contributed by atoms with Gasteiger partial charge >= 0.3 is 11.9 Å². The van der Waals surface area contributed by atoms with Gasteiger partial charge in [-0.1, -0.05) is 12.8 Å². The summed E-state index contributed by atoms with van der Waals surface area (Å²) in [6.07, 6.45) is 6.14. The van der Waals surface area contributed by atoms with E-state index in [4.69, 9.17) is 9.47 Å². The molecule has 0 N–H and O–H groups in total. The maximum Gasteiger partial charge on any atom is 0.347 e. The Balaban J connectivity index is 2.80. The highest BCUT2D eigenvalue weighted by Gasteiger charge is 2.22. The third-order valence-electron chi connectivity index (χ3n) is 2.94. The van der Waals surface area contributed by atoms with Gasteiger partial charge in [0.05, 0.1) is 13.2 Å². The van der Waals surface area contributed by atoms with Gasteiger partial charge in [-0.15, -0.1) is 0 Å². The second kappa shape index (κ2) is 8.56. The fourth-order valence-electron chi connectivity index (χ4n) is 2.01. The summed E-state index contributed by atoms with van der Waals surface area (Å²) in [6, 6.07) is 0. The summed E-state index contributed by atoms with van der Waals surface area (Å²) in [5.41, 5.74) is -0.00870. The lowest BCUT2D eigenvalue weighted by Gasteiger charge is -2.18. The molecule has 1 aliphatic rings. The van der Waals surface area contributed by atoms with Crippen molar-refractivity contribution in [3.63, 3.8) is 0 Å². The molecule has 0 aromatic rings. The molecule has 0 radical (unpaired) electrons. The summed E-state index contributed by atoms with van der Waals surface area (Å²) in [6.45, 7) is 5.65. The molecular weight excluding hydrogens is 246 g/mol. The van der Waals surface area contributed by atoms with Gasteiger partial charge in [0.1, 0.15) is 0 Å². The van der Waals surface area contributed by atoms with Gasteiger partial charge in [0.2, 0.25) is 0 Å². The van der Waals surface area contributed by atoms with Crippen molar-refractivity contribution in [2.24, 2.45) is 0 Å². The number of nitrogens with zero attached hydrogens (tertiary/aromatic N) is 1. The van der Waals surface area contributed by atoms with E-state index in [-0.39, 0.29) is 18.8 Å². The lowest BCUT2D eigenvalue weighted by molar-refractivity contribution is -0.146. The standard InChI is InChI=1S/C14H23NO4/c1-3-18-13(16)12(14(17)19-4-2)11-15-9-7-5-6-8-10-15/h11H,3-10H2,1-2H3. The maximum atomic E-state index is 11.8. The highest BCUT2D eigenvalue weighted by Crippen LogP contribution is 2.12. The van der Waals surface area contributed by atoms with E-state index in [1.165, 1.54) is 12.8 Å². The molecule has 1 heterocycles. The third kappa shape index (κ3) is 5.32. The predicted octanol–water partition coefficient (Wildman–Crippen LogP) is 1.87. The first kappa shape index (κ1) is 15.5. The summed E-state index contributed by atoms with van der Waals surface area (Å²) in [7, 11) is 0. The topological polar surface area (TPSA) is 55.8 Å². The van der Waals surface area contributed by atoms with E-state index in [9.17, 15) is 9.59 Å². The van der Waals surface area contributed by atoms with Crippen LogP contribution in [0.2, 0.25) is 0 Å². The van der Waals surface area contributed by atoms with Crippen molar-refractivity contribution in [3.8, 4) is 0 Å². The van der Waals surface area contributed by atoms with Gasteiger partial charge in [-0.05, 0) is 26.7 Å². The monoisotopic (exact) mass is 269 g/mol. The Kier molecular flexibility index (Phi) is 7.00. The molecule has 0 aromatic carbocycles. The van der Waals surface area contributed by atoms with Crippen LogP contribution in [0.5, 0.6) is 0 Å². The van der Waals surface area contributed by atoms with Gasteiger partial charge in [0.15, 0.2) is 5.57 Å². The quantitative estimate of drug-likeness (QED) is 0.330. The van der Waals surface area contributed by atoms with Crippen molar-refractivity contribution in [2.75, 3.05) is 26.3 Å². The molecule has 5 nitrogen and oxygen atoms in total. The molecule has 1 saturated heterocycles. The highest BCUT2D eigenvalue weighted by atomic mass is 16.6. The second-order valence-corrected chi connectivity index (χ2v) is 4.43. The first-order valence-corrected chi connectivity index (χ1v) is 6.99. The Hall–Kier alpha value is -1.52. The number of hydrogen-bond donors (Lipinski definition) is 0. The van der Waals surface area contributed by atoms with Crippen molar-refractivity contribution in [3.05, 3.63) is 11.8 Å².